The van der Waals surface area contributed by atoms with Crippen LogP contribution in [0.25, 0.3) is 0 Å². The van der Waals surface area contributed by atoms with Gasteiger partial charge in [0.25, 0.3) is 0 Å². The quantitative estimate of drug-likeness (QED) is 0.749. The largest absolute Gasteiger partial charge is 0.493 e. The van der Waals surface area contributed by atoms with Crippen LogP contribution >= 0.6 is 0 Å². The van der Waals surface area contributed by atoms with E-state index in [1.807, 2.05) is 0 Å². The van der Waals surface area contributed by atoms with Gasteiger partial charge in [-0.2, -0.15) is 0 Å². The van der Waals surface area contributed by atoms with Crippen molar-refractivity contribution in [1.82, 2.24) is 0 Å². The molecule has 2 aromatic carbocycles. The summed E-state index contributed by atoms with van der Waals surface area (Å²) in [6.45, 7) is 1.54. The number of nitrogens with zero attached hydrogens (tertiary/aromatic N) is 1. The van der Waals surface area contributed by atoms with Gasteiger partial charge in [-0.3, -0.25) is 9.59 Å². The van der Waals surface area contributed by atoms with Crippen LogP contribution < -0.4 is 24.4 Å². The van der Waals surface area contributed by atoms with E-state index in [1.54, 1.807) is 12.1 Å². The van der Waals surface area contributed by atoms with Gasteiger partial charge in [0.2, 0.25) is 17.6 Å². The smallest absolute Gasteiger partial charge is 0.226 e. The van der Waals surface area contributed by atoms with Gasteiger partial charge in [-0.1, -0.05) is 0 Å². The molecule has 0 unspecified atom stereocenters. The summed E-state index contributed by atoms with van der Waals surface area (Å²) < 4.78 is 28.9. The number of carbonyl (C=O) groups excluding carboxylic acids is 2. The van der Waals surface area contributed by atoms with E-state index in [1.165, 1.54) is 57.4 Å². The van der Waals surface area contributed by atoms with E-state index in [4.69, 9.17) is 14.2 Å². The van der Waals surface area contributed by atoms with Gasteiger partial charge >= 0.3 is 0 Å². The predicted molar refractivity (Wildman–Crippen MR) is 104 cm³/mol. The Kier molecular flexibility index (Phi) is 7.20. The number of hydrogen-bond donors (Lipinski definition) is 1. The molecule has 0 aromatic heterocycles. The van der Waals surface area contributed by atoms with Crippen molar-refractivity contribution in [3.05, 3.63) is 42.2 Å². The molecule has 0 aliphatic heterocycles. The number of carbonyl (C=O) groups is 2. The van der Waals surface area contributed by atoms with Crippen LogP contribution in [0.3, 0.4) is 0 Å². The van der Waals surface area contributed by atoms with E-state index >= 15 is 0 Å². The van der Waals surface area contributed by atoms with Crippen molar-refractivity contribution in [3.8, 4) is 17.2 Å². The first-order valence-electron chi connectivity index (χ1n) is 8.53. The lowest BCUT2D eigenvalue weighted by molar-refractivity contribution is -0.117. The molecule has 0 saturated heterocycles. The number of halogens is 1. The number of amides is 2. The lowest BCUT2D eigenvalue weighted by Crippen LogP contribution is -2.31. The Labute approximate surface area is 163 Å². The first kappa shape index (κ1) is 21.0. The van der Waals surface area contributed by atoms with Crippen molar-refractivity contribution >= 4 is 23.2 Å². The second-order valence-corrected chi connectivity index (χ2v) is 5.86. The SMILES string of the molecule is COc1cc(NC(=O)CCN(C(C)=O)c2ccc(F)cc2)cc(OC)c1OC. The van der Waals surface area contributed by atoms with Crippen molar-refractivity contribution < 1.29 is 28.2 Å². The Bertz CT molecular complexity index is 814. The highest BCUT2D eigenvalue weighted by Crippen LogP contribution is 2.39. The van der Waals surface area contributed by atoms with Crippen LogP contribution in [0.15, 0.2) is 36.4 Å². The number of ether oxygens (including phenoxy) is 3. The van der Waals surface area contributed by atoms with E-state index in [9.17, 15) is 14.0 Å². The fraction of sp³-hybridized carbons (Fsp3) is 0.300. The van der Waals surface area contributed by atoms with Crippen molar-refractivity contribution in [3.63, 3.8) is 0 Å². The molecule has 2 aromatic rings. The normalized spacial score (nSPS) is 10.2. The maximum absolute atomic E-state index is 13.1. The molecule has 28 heavy (non-hydrogen) atoms. The molecular weight excluding hydrogens is 367 g/mol. The summed E-state index contributed by atoms with van der Waals surface area (Å²) in [5, 5.41) is 2.75. The van der Waals surface area contributed by atoms with E-state index in [2.05, 4.69) is 5.32 Å². The highest BCUT2D eigenvalue weighted by atomic mass is 19.1. The third-order valence-electron chi connectivity index (χ3n) is 4.03. The number of methoxy groups -OCH3 is 3. The third kappa shape index (κ3) is 5.12. The van der Waals surface area contributed by atoms with Gasteiger partial charge in [-0.05, 0) is 24.3 Å². The molecule has 0 spiro atoms. The van der Waals surface area contributed by atoms with Crippen LogP contribution in [-0.4, -0.2) is 39.7 Å². The molecule has 150 valence electrons. The van der Waals surface area contributed by atoms with Gasteiger partial charge in [0, 0.05) is 43.4 Å². The van der Waals surface area contributed by atoms with Gasteiger partial charge < -0.3 is 24.4 Å². The molecular formula is C20H23FN2O5. The first-order chi connectivity index (χ1) is 13.4. The number of anilines is 2. The van der Waals surface area contributed by atoms with Crippen molar-refractivity contribution in [2.45, 2.75) is 13.3 Å². The third-order valence-corrected chi connectivity index (χ3v) is 4.03. The topological polar surface area (TPSA) is 77.1 Å². The second kappa shape index (κ2) is 9.59. The van der Waals surface area contributed by atoms with Crippen LogP contribution in [-0.2, 0) is 9.59 Å². The number of benzene rings is 2. The summed E-state index contributed by atoms with van der Waals surface area (Å²) in [4.78, 5) is 25.7. The summed E-state index contributed by atoms with van der Waals surface area (Å²) in [6.07, 6.45) is 0.0492. The van der Waals surface area contributed by atoms with Crippen molar-refractivity contribution in [1.29, 1.82) is 0 Å². The molecule has 0 aliphatic rings. The summed E-state index contributed by atoms with van der Waals surface area (Å²) in [5.41, 5.74) is 0.991. The lowest BCUT2D eigenvalue weighted by Gasteiger charge is -2.21. The van der Waals surface area contributed by atoms with Crippen LogP contribution in [0.1, 0.15) is 13.3 Å². The predicted octanol–water partition coefficient (Wildman–Crippen LogP) is 3.23. The van der Waals surface area contributed by atoms with Crippen molar-refractivity contribution in [2.24, 2.45) is 0 Å². The maximum Gasteiger partial charge on any atom is 0.226 e. The number of nitrogens with one attached hydrogen (secondary N) is 1. The average molecular weight is 390 g/mol. The monoisotopic (exact) mass is 390 g/mol. The lowest BCUT2D eigenvalue weighted by atomic mass is 10.2. The van der Waals surface area contributed by atoms with Gasteiger partial charge in [-0.25, -0.2) is 4.39 Å². The van der Waals surface area contributed by atoms with Crippen LogP contribution in [0.4, 0.5) is 15.8 Å². The zero-order valence-corrected chi connectivity index (χ0v) is 16.2. The second-order valence-electron chi connectivity index (χ2n) is 5.86. The zero-order valence-electron chi connectivity index (χ0n) is 16.2. The molecule has 0 aliphatic carbocycles. The van der Waals surface area contributed by atoms with Crippen molar-refractivity contribution in [2.75, 3.05) is 38.1 Å². The Hall–Kier alpha value is -3.29. The molecule has 8 heteroatoms. The fourth-order valence-corrected chi connectivity index (χ4v) is 2.68. The minimum absolute atomic E-state index is 0.0492. The van der Waals surface area contributed by atoms with Gasteiger partial charge in [-0.15, -0.1) is 0 Å². The Morgan fingerprint density at radius 2 is 1.57 bits per heavy atom. The Morgan fingerprint density at radius 3 is 2.04 bits per heavy atom. The summed E-state index contributed by atoms with van der Waals surface area (Å²) in [5.74, 6) is 0.298. The van der Waals surface area contributed by atoms with Gasteiger partial charge in [0.1, 0.15) is 5.82 Å². The first-order valence-corrected chi connectivity index (χ1v) is 8.53. The summed E-state index contributed by atoms with van der Waals surface area (Å²) in [6, 6.07) is 8.74. The van der Waals surface area contributed by atoms with Crippen LogP contribution in [0, 0.1) is 5.82 Å². The summed E-state index contributed by atoms with van der Waals surface area (Å²) in [7, 11) is 4.46. The number of rotatable bonds is 8. The standard InChI is InChI=1S/C20H23FN2O5/c1-13(24)23(16-7-5-14(21)6-8-16)10-9-19(25)22-15-11-17(26-2)20(28-4)18(12-15)27-3/h5-8,11-12H,9-10H2,1-4H3,(H,22,25). The molecule has 7 nitrogen and oxygen atoms in total. The molecule has 1 N–H and O–H groups in total. The average Bonchev–Trinajstić information content (AvgIpc) is 2.68. The molecule has 2 amide bonds. The maximum atomic E-state index is 13.1. The molecule has 0 saturated carbocycles. The van der Waals surface area contributed by atoms with Crippen LogP contribution in [0.2, 0.25) is 0 Å². The fourth-order valence-electron chi connectivity index (χ4n) is 2.68. The molecule has 2 rings (SSSR count). The molecule has 0 fully saturated rings. The Balaban J connectivity index is 2.08. The number of hydrogen-bond acceptors (Lipinski definition) is 5. The minimum atomic E-state index is -0.396. The zero-order chi connectivity index (χ0) is 20.7. The minimum Gasteiger partial charge on any atom is -0.493 e. The van der Waals surface area contributed by atoms with Gasteiger partial charge in [0.15, 0.2) is 11.5 Å². The van der Waals surface area contributed by atoms with E-state index in [0.29, 0.717) is 28.6 Å². The highest BCUT2D eigenvalue weighted by molar-refractivity contribution is 5.95. The summed E-state index contributed by atoms with van der Waals surface area (Å²) >= 11 is 0. The Morgan fingerprint density at radius 1 is 1.00 bits per heavy atom. The van der Waals surface area contributed by atoms with Gasteiger partial charge in [0.05, 0.1) is 21.3 Å². The van der Waals surface area contributed by atoms with E-state index in [-0.39, 0.29) is 24.8 Å². The molecule has 0 heterocycles. The highest BCUT2D eigenvalue weighted by Gasteiger charge is 2.16. The molecule has 0 bridgehead atoms. The van der Waals surface area contributed by atoms with E-state index in [0.717, 1.165) is 0 Å². The molecule has 0 atom stereocenters. The molecule has 0 radical (unpaired) electrons. The van der Waals surface area contributed by atoms with E-state index < -0.39 is 5.82 Å². The van der Waals surface area contributed by atoms with Crippen LogP contribution in [0.5, 0.6) is 17.2 Å².